The van der Waals surface area contributed by atoms with Gasteiger partial charge < -0.3 is 5.32 Å². The molecule has 0 fully saturated rings. The first-order valence-corrected chi connectivity index (χ1v) is 8.70. The summed E-state index contributed by atoms with van der Waals surface area (Å²) in [5.74, 6) is -0.0592. The third-order valence-corrected chi connectivity index (χ3v) is 4.44. The molecule has 136 valence electrons. The monoisotopic (exact) mass is 371 g/mol. The maximum Gasteiger partial charge on any atom is 0.272 e. The van der Waals surface area contributed by atoms with E-state index in [1.54, 1.807) is 6.92 Å². The predicted molar refractivity (Wildman–Crippen MR) is 107 cm³/mol. The summed E-state index contributed by atoms with van der Waals surface area (Å²) in [6.45, 7) is 5.83. The topological polar surface area (TPSA) is 84.3 Å². The summed E-state index contributed by atoms with van der Waals surface area (Å²) in [5.41, 5.74) is 2.69. The van der Waals surface area contributed by atoms with Crippen LogP contribution in [0.5, 0.6) is 0 Å². The van der Waals surface area contributed by atoms with Crippen molar-refractivity contribution in [3.63, 3.8) is 0 Å². The minimum atomic E-state index is -0.477. The number of benzene rings is 2. The van der Waals surface area contributed by atoms with E-state index in [1.165, 1.54) is 18.2 Å². The summed E-state index contributed by atoms with van der Waals surface area (Å²) in [7, 11) is 0. The van der Waals surface area contributed by atoms with Crippen LogP contribution in [0.1, 0.15) is 47.7 Å². The van der Waals surface area contributed by atoms with Gasteiger partial charge in [0.15, 0.2) is 5.11 Å². The zero-order chi connectivity index (χ0) is 19.3. The average Bonchev–Trinajstić information content (AvgIpc) is 2.60. The minimum absolute atomic E-state index is 0.0234. The number of thiocarbonyl (C=S) groups is 1. The molecule has 0 aromatic heterocycles. The van der Waals surface area contributed by atoms with Crippen LogP contribution >= 0.6 is 12.2 Å². The van der Waals surface area contributed by atoms with Gasteiger partial charge in [0.1, 0.15) is 0 Å². The van der Waals surface area contributed by atoms with Gasteiger partial charge in [-0.05, 0) is 55.2 Å². The minimum Gasteiger partial charge on any atom is -0.332 e. The SMILES string of the molecule is CC[C@@H](C)c1ccccc1NC(=S)NC(=O)c1ccc([N+](=O)[O-])c(C)c1. The average molecular weight is 371 g/mol. The highest BCUT2D eigenvalue weighted by atomic mass is 32.1. The summed E-state index contributed by atoms with van der Waals surface area (Å²) in [6, 6.07) is 12.0. The molecule has 2 rings (SSSR count). The maximum atomic E-state index is 12.3. The van der Waals surface area contributed by atoms with Crippen molar-refractivity contribution in [2.24, 2.45) is 0 Å². The Balaban J connectivity index is 2.10. The van der Waals surface area contributed by atoms with Gasteiger partial charge in [-0.15, -0.1) is 0 Å². The Hall–Kier alpha value is -2.80. The van der Waals surface area contributed by atoms with Gasteiger partial charge >= 0.3 is 0 Å². The summed E-state index contributed by atoms with van der Waals surface area (Å²) in [6.07, 6.45) is 0.986. The largest absolute Gasteiger partial charge is 0.332 e. The number of para-hydroxylation sites is 1. The van der Waals surface area contributed by atoms with Crippen molar-refractivity contribution in [1.82, 2.24) is 5.32 Å². The molecule has 0 saturated carbocycles. The normalized spacial score (nSPS) is 11.5. The molecular formula is C19H21N3O3S. The first kappa shape index (κ1) is 19.5. The van der Waals surface area contributed by atoms with E-state index in [0.717, 1.165) is 17.7 Å². The van der Waals surface area contributed by atoms with Gasteiger partial charge in [-0.1, -0.05) is 32.0 Å². The number of nitrogens with zero attached hydrogens (tertiary/aromatic N) is 1. The molecule has 2 aromatic carbocycles. The Morgan fingerprint density at radius 2 is 1.96 bits per heavy atom. The zero-order valence-electron chi connectivity index (χ0n) is 14.9. The molecule has 0 bridgehead atoms. The van der Waals surface area contributed by atoms with Crippen LogP contribution < -0.4 is 10.6 Å². The fraction of sp³-hybridized carbons (Fsp3) is 0.263. The van der Waals surface area contributed by atoms with Crippen molar-refractivity contribution in [2.45, 2.75) is 33.1 Å². The van der Waals surface area contributed by atoms with Crippen LogP contribution in [-0.4, -0.2) is 15.9 Å². The Kier molecular flexibility index (Phi) is 6.41. The Labute approximate surface area is 157 Å². The van der Waals surface area contributed by atoms with Gasteiger partial charge in [0, 0.05) is 22.9 Å². The van der Waals surface area contributed by atoms with Crippen LogP contribution in [0.15, 0.2) is 42.5 Å². The van der Waals surface area contributed by atoms with E-state index in [0.29, 0.717) is 17.0 Å². The van der Waals surface area contributed by atoms with Crippen LogP contribution in [0, 0.1) is 17.0 Å². The lowest BCUT2D eigenvalue weighted by molar-refractivity contribution is -0.385. The number of aryl methyl sites for hydroxylation is 1. The molecule has 0 unspecified atom stereocenters. The molecule has 0 aliphatic rings. The highest BCUT2D eigenvalue weighted by Gasteiger charge is 2.15. The zero-order valence-corrected chi connectivity index (χ0v) is 15.7. The lowest BCUT2D eigenvalue weighted by atomic mass is 9.97. The number of amides is 1. The summed E-state index contributed by atoms with van der Waals surface area (Å²) in [4.78, 5) is 22.7. The molecule has 1 amide bonds. The standard InChI is InChI=1S/C19H21N3O3S/c1-4-12(2)15-7-5-6-8-16(15)20-19(26)21-18(23)14-9-10-17(22(24)25)13(3)11-14/h5-12H,4H2,1-3H3,(H2,20,21,23,26)/t12-/m1/s1. The molecule has 0 spiro atoms. The smallest absolute Gasteiger partial charge is 0.272 e. The molecule has 2 aromatic rings. The fourth-order valence-electron chi connectivity index (χ4n) is 2.59. The van der Waals surface area contributed by atoms with Gasteiger partial charge in [0.2, 0.25) is 0 Å². The molecule has 1 atom stereocenters. The highest BCUT2D eigenvalue weighted by Crippen LogP contribution is 2.26. The van der Waals surface area contributed by atoms with E-state index in [2.05, 4.69) is 24.5 Å². The number of anilines is 1. The van der Waals surface area contributed by atoms with Gasteiger partial charge in [-0.3, -0.25) is 20.2 Å². The van der Waals surface area contributed by atoms with E-state index in [-0.39, 0.29) is 10.8 Å². The first-order valence-electron chi connectivity index (χ1n) is 8.29. The second-order valence-corrected chi connectivity index (χ2v) is 6.47. The lowest BCUT2D eigenvalue weighted by Gasteiger charge is -2.17. The van der Waals surface area contributed by atoms with Crippen LogP contribution in [0.2, 0.25) is 0 Å². The quantitative estimate of drug-likeness (QED) is 0.458. The predicted octanol–water partition coefficient (Wildman–Crippen LogP) is 4.54. The van der Waals surface area contributed by atoms with Crippen LogP contribution in [0.3, 0.4) is 0 Å². The fourth-order valence-corrected chi connectivity index (χ4v) is 2.79. The summed E-state index contributed by atoms with van der Waals surface area (Å²) < 4.78 is 0. The van der Waals surface area contributed by atoms with Gasteiger partial charge in [0.25, 0.3) is 11.6 Å². The van der Waals surface area contributed by atoms with E-state index in [4.69, 9.17) is 12.2 Å². The van der Waals surface area contributed by atoms with Crippen molar-refractivity contribution in [2.75, 3.05) is 5.32 Å². The molecular weight excluding hydrogens is 350 g/mol. The molecule has 0 saturated heterocycles. The van der Waals surface area contributed by atoms with E-state index in [9.17, 15) is 14.9 Å². The van der Waals surface area contributed by atoms with Crippen molar-refractivity contribution >= 4 is 34.6 Å². The van der Waals surface area contributed by atoms with Crippen molar-refractivity contribution in [3.05, 3.63) is 69.3 Å². The Morgan fingerprint density at radius 3 is 2.58 bits per heavy atom. The second-order valence-electron chi connectivity index (χ2n) is 6.06. The third kappa shape index (κ3) is 4.64. The number of hydrogen-bond acceptors (Lipinski definition) is 4. The number of rotatable bonds is 5. The second kappa shape index (κ2) is 8.53. The first-order chi connectivity index (χ1) is 12.3. The van der Waals surface area contributed by atoms with Crippen LogP contribution in [0.25, 0.3) is 0 Å². The molecule has 6 nitrogen and oxygen atoms in total. The molecule has 0 heterocycles. The molecule has 0 aliphatic carbocycles. The van der Waals surface area contributed by atoms with Gasteiger partial charge in [0.05, 0.1) is 4.92 Å². The van der Waals surface area contributed by atoms with Crippen molar-refractivity contribution < 1.29 is 9.72 Å². The van der Waals surface area contributed by atoms with E-state index < -0.39 is 10.8 Å². The van der Waals surface area contributed by atoms with Gasteiger partial charge in [-0.2, -0.15) is 0 Å². The summed E-state index contributed by atoms with van der Waals surface area (Å²) >= 11 is 5.24. The highest BCUT2D eigenvalue weighted by molar-refractivity contribution is 7.80. The number of carbonyl (C=O) groups excluding carboxylic acids is 1. The Bertz CT molecular complexity index is 852. The number of carbonyl (C=O) groups is 1. The molecule has 7 heteroatoms. The van der Waals surface area contributed by atoms with E-state index in [1.807, 2.05) is 24.3 Å². The molecule has 0 aliphatic heterocycles. The van der Waals surface area contributed by atoms with Crippen LogP contribution in [-0.2, 0) is 0 Å². The molecule has 26 heavy (non-hydrogen) atoms. The molecule has 0 radical (unpaired) electrons. The van der Waals surface area contributed by atoms with Crippen LogP contribution in [0.4, 0.5) is 11.4 Å². The molecule has 2 N–H and O–H groups in total. The van der Waals surface area contributed by atoms with Crippen molar-refractivity contribution in [1.29, 1.82) is 0 Å². The number of nitro groups is 1. The van der Waals surface area contributed by atoms with E-state index >= 15 is 0 Å². The maximum absolute atomic E-state index is 12.3. The summed E-state index contributed by atoms with van der Waals surface area (Å²) in [5, 5.41) is 16.7. The Morgan fingerprint density at radius 1 is 1.27 bits per heavy atom. The number of hydrogen-bond donors (Lipinski definition) is 2. The van der Waals surface area contributed by atoms with Crippen molar-refractivity contribution in [3.8, 4) is 0 Å². The third-order valence-electron chi connectivity index (χ3n) is 4.24. The number of nitrogens with one attached hydrogen (secondary N) is 2. The number of nitro benzene ring substituents is 1. The van der Waals surface area contributed by atoms with Gasteiger partial charge in [-0.25, -0.2) is 0 Å². The lowest BCUT2D eigenvalue weighted by Crippen LogP contribution is -2.34.